The fourth-order valence-electron chi connectivity index (χ4n) is 3.80. The van der Waals surface area contributed by atoms with Gasteiger partial charge in [0.2, 0.25) is 0 Å². The fourth-order valence-corrected chi connectivity index (χ4v) is 3.80. The van der Waals surface area contributed by atoms with E-state index in [4.69, 9.17) is 20.4 Å². The van der Waals surface area contributed by atoms with Gasteiger partial charge in [-0.1, -0.05) is 12.1 Å². The van der Waals surface area contributed by atoms with Crippen LogP contribution in [0.25, 0.3) is 22.0 Å². The van der Waals surface area contributed by atoms with Gasteiger partial charge in [-0.15, -0.1) is 0 Å². The molecule has 1 amide bonds. The van der Waals surface area contributed by atoms with Crippen LogP contribution in [0.4, 0.5) is 4.39 Å². The van der Waals surface area contributed by atoms with Gasteiger partial charge in [0.05, 0.1) is 24.0 Å². The van der Waals surface area contributed by atoms with Crippen LogP contribution in [0.3, 0.4) is 0 Å². The Kier molecular flexibility index (Phi) is 6.43. The first-order valence-electron chi connectivity index (χ1n) is 10.6. The normalized spacial score (nSPS) is 11.5. The molecule has 10 heteroatoms. The van der Waals surface area contributed by atoms with Gasteiger partial charge in [0.1, 0.15) is 27.3 Å². The van der Waals surface area contributed by atoms with Gasteiger partial charge in [0.25, 0.3) is 5.91 Å². The topological polar surface area (TPSA) is 91.3 Å². The Bertz CT molecular complexity index is 1350. The van der Waals surface area contributed by atoms with Crippen LogP contribution < -0.4 is 4.74 Å². The lowest BCUT2D eigenvalue weighted by Crippen LogP contribution is -2.29. The van der Waals surface area contributed by atoms with E-state index in [0.717, 1.165) is 0 Å². The van der Waals surface area contributed by atoms with E-state index in [-0.39, 0.29) is 24.0 Å². The molecule has 0 spiro atoms. The van der Waals surface area contributed by atoms with Crippen molar-refractivity contribution in [3.8, 4) is 16.9 Å². The highest BCUT2D eigenvalue weighted by molar-refractivity contribution is 6.39. The maximum Gasteiger partial charge on any atom is 0.254 e. The minimum absolute atomic E-state index is 0.0725. The van der Waals surface area contributed by atoms with E-state index in [9.17, 15) is 14.3 Å². The molecule has 2 aromatic carbocycles. The average Bonchev–Trinajstić information content (AvgIpc) is 3.28. The zero-order valence-electron chi connectivity index (χ0n) is 18.7. The van der Waals surface area contributed by atoms with E-state index in [2.05, 4.69) is 15.2 Å². The second-order valence-electron chi connectivity index (χ2n) is 7.93. The molecule has 0 bridgehead atoms. The van der Waals surface area contributed by atoms with E-state index in [1.165, 1.54) is 29.4 Å². The highest BCUT2D eigenvalue weighted by atomic mass is 19.1. The number of amides is 1. The van der Waals surface area contributed by atoms with E-state index < -0.39 is 5.40 Å². The number of hydrogen-bond donors (Lipinski definition) is 2. The van der Waals surface area contributed by atoms with E-state index >= 15 is 0 Å². The molecule has 0 aliphatic carbocycles. The molecule has 4 radical (unpaired) electrons. The van der Waals surface area contributed by atoms with Crippen molar-refractivity contribution < 1.29 is 19.0 Å². The SMILES string of the molecule is [B]C([B])(O)c1ncc(CN(C)C(=O)c2ccc(-c3cccc(F)c3)c(OCC)c2)c2[nH]ncc12. The number of hydrogen-bond acceptors (Lipinski definition) is 5. The van der Waals surface area contributed by atoms with Crippen molar-refractivity contribution in [3.63, 3.8) is 0 Å². The highest BCUT2D eigenvalue weighted by Crippen LogP contribution is 2.32. The second kappa shape index (κ2) is 9.30. The van der Waals surface area contributed by atoms with Crippen molar-refractivity contribution >= 4 is 32.5 Å². The lowest BCUT2D eigenvalue weighted by Gasteiger charge is -2.21. The van der Waals surface area contributed by atoms with Gasteiger partial charge in [-0.05, 0) is 42.8 Å². The smallest absolute Gasteiger partial charge is 0.254 e. The number of nitrogens with zero attached hydrogens (tertiary/aromatic N) is 3. The van der Waals surface area contributed by atoms with Crippen LogP contribution in [0.5, 0.6) is 5.75 Å². The van der Waals surface area contributed by atoms with Crippen LogP contribution in [-0.2, 0) is 11.9 Å². The fraction of sp³-hybridized carbons (Fsp3) is 0.208. The largest absolute Gasteiger partial charge is 0.493 e. The molecule has 2 heterocycles. The third kappa shape index (κ3) is 4.68. The first kappa shape index (κ1) is 23.5. The summed E-state index contributed by atoms with van der Waals surface area (Å²) >= 11 is 0. The summed E-state index contributed by atoms with van der Waals surface area (Å²) in [5.41, 5.74) is 3.06. The maximum atomic E-state index is 13.7. The van der Waals surface area contributed by atoms with Gasteiger partial charge in [-0.2, -0.15) is 5.10 Å². The maximum absolute atomic E-state index is 13.7. The summed E-state index contributed by atoms with van der Waals surface area (Å²) in [6.45, 7) is 2.43. The number of nitrogens with one attached hydrogen (secondary N) is 1. The Morgan fingerprint density at radius 2 is 2.03 bits per heavy atom. The molecule has 2 aromatic heterocycles. The van der Waals surface area contributed by atoms with Crippen LogP contribution >= 0.6 is 0 Å². The summed E-state index contributed by atoms with van der Waals surface area (Å²) in [6.07, 6.45) is 2.95. The highest BCUT2D eigenvalue weighted by Gasteiger charge is 2.23. The lowest BCUT2D eigenvalue weighted by molar-refractivity contribution is 0.0785. The number of carbonyl (C=O) groups is 1. The lowest BCUT2D eigenvalue weighted by atomic mass is 9.62. The molecule has 2 N–H and O–H groups in total. The molecule has 4 aromatic rings. The second-order valence-corrected chi connectivity index (χ2v) is 7.93. The van der Waals surface area contributed by atoms with Gasteiger partial charge in [-0.25, -0.2) is 4.39 Å². The van der Waals surface area contributed by atoms with Crippen LogP contribution in [0.1, 0.15) is 28.5 Å². The van der Waals surface area contributed by atoms with E-state index in [1.807, 2.05) is 6.92 Å². The minimum Gasteiger partial charge on any atom is -0.493 e. The monoisotopic (exact) mass is 454 g/mol. The molecule has 0 fully saturated rings. The zero-order valence-corrected chi connectivity index (χ0v) is 18.7. The molecule has 0 aliphatic heterocycles. The van der Waals surface area contributed by atoms with Crippen LogP contribution in [0.15, 0.2) is 54.9 Å². The van der Waals surface area contributed by atoms with Crippen molar-refractivity contribution in [1.29, 1.82) is 0 Å². The molecule has 4 rings (SSSR count). The van der Waals surface area contributed by atoms with Crippen molar-refractivity contribution in [2.75, 3.05) is 13.7 Å². The van der Waals surface area contributed by atoms with Crippen molar-refractivity contribution in [3.05, 3.63) is 77.5 Å². The number of rotatable bonds is 7. The minimum atomic E-state index is -2.12. The van der Waals surface area contributed by atoms with Crippen molar-refractivity contribution in [1.82, 2.24) is 20.1 Å². The summed E-state index contributed by atoms with van der Waals surface area (Å²) in [5.74, 6) is -0.121. The summed E-state index contributed by atoms with van der Waals surface area (Å²) < 4.78 is 19.5. The van der Waals surface area contributed by atoms with Crippen molar-refractivity contribution in [2.24, 2.45) is 0 Å². The number of aromatic nitrogens is 3. The Hall–Kier alpha value is -3.65. The number of pyridine rings is 1. The average molecular weight is 454 g/mol. The summed E-state index contributed by atoms with van der Waals surface area (Å²) in [5, 5.41) is 15.1. The Balaban J connectivity index is 1.62. The summed E-state index contributed by atoms with van der Waals surface area (Å²) in [4.78, 5) is 18.9. The zero-order chi connectivity index (χ0) is 24.5. The third-order valence-corrected chi connectivity index (χ3v) is 5.36. The molecule has 7 nitrogen and oxygen atoms in total. The molecular formula is C24H21B2FN4O3. The van der Waals surface area contributed by atoms with Gasteiger partial charge >= 0.3 is 0 Å². The standard InChI is InChI=1S/C24H21B2FN4O3/c1-3-34-20-10-15(7-8-18(20)14-5-4-6-17(27)9-14)23(32)31(2)13-16-11-28-22(24(25,26)33)19-12-29-30-21(16)19/h4-12,33H,3,13H2,1-2H3,(H,29,30). The Morgan fingerprint density at radius 1 is 1.24 bits per heavy atom. The Morgan fingerprint density at radius 3 is 2.74 bits per heavy atom. The van der Waals surface area contributed by atoms with Crippen molar-refractivity contribution in [2.45, 2.75) is 18.9 Å². The molecule has 0 saturated heterocycles. The molecule has 0 saturated carbocycles. The van der Waals surface area contributed by atoms with Crippen LogP contribution in [0.2, 0.25) is 0 Å². The summed E-state index contributed by atoms with van der Waals surface area (Å²) in [6, 6.07) is 11.3. The number of fused-ring (bicyclic) bond motifs is 1. The number of halogens is 1. The predicted molar refractivity (Wildman–Crippen MR) is 128 cm³/mol. The number of ether oxygens (including phenoxy) is 1. The van der Waals surface area contributed by atoms with Gasteiger partial charge in [0.15, 0.2) is 0 Å². The number of aromatic amines is 1. The van der Waals surface area contributed by atoms with Crippen LogP contribution in [0, 0.1) is 5.82 Å². The molecule has 0 aliphatic rings. The molecule has 0 unspecified atom stereocenters. The van der Waals surface area contributed by atoms with Gasteiger partial charge in [-0.3, -0.25) is 14.9 Å². The number of H-pyrrole nitrogens is 1. The van der Waals surface area contributed by atoms with Gasteiger partial charge in [0, 0.05) is 47.3 Å². The van der Waals surface area contributed by atoms with Gasteiger partial charge < -0.3 is 14.7 Å². The first-order chi connectivity index (χ1) is 16.2. The van der Waals surface area contributed by atoms with E-state index in [0.29, 0.717) is 45.5 Å². The molecule has 0 atom stereocenters. The van der Waals surface area contributed by atoms with Crippen LogP contribution in [-0.4, -0.2) is 60.4 Å². The number of aliphatic hydroxyl groups is 1. The quantitative estimate of drug-likeness (QED) is 0.420. The Labute approximate surface area is 198 Å². The molecular weight excluding hydrogens is 433 g/mol. The summed E-state index contributed by atoms with van der Waals surface area (Å²) in [7, 11) is 12.8. The predicted octanol–water partition coefficient (Wildman–Crippen LogP) is 2.87. The third-order valence-electron chi connectivity index (χ3n) is 5.36. The molecule has 34 heavy (non-hydrogen) atoms. The molecule has 168 valence electrons. The number of benzene rings is 2. The first-order valence-corrected chi connectivity index (χ1v) is 10.6. The number of carbonyl (C=O) groups excluding carboxylic acids is 1. The van der Waals surface area contributed by atoms with E-state index in [1.54, 1.807) is 37.4 Å².